The van der Waals surface area contributed by atoms with E-state index >= 15 is 0 Å². The van der Waals surface area contributed by atoms with Crippen LogP contribution in [0.1, 0.15) is 30.1 Å². The Hall–Kier alpha value is -3.60. The van der Waals surface area contributed by atoms with Crippen LogP contribution in [0.4, 0.5) is 5.69 Å². The summed E-state index contributed by atoms with van der Waals surface area (Å²) in [5, 5.41) is 4.07. The minimum Gasteiger partial charge on any atom is -0.466 e. The van der Waals surface area contributed by atoms with Crippen LogP contribution in [0.3, 0.4) is 0 Å². The second-order valence-corrected chi connectivity index (χ2v) is 12.2. The van der Waals surface area contributed by atoms with Crippen LogP contribution in [0.5, 0.6) is 0 Å². The lowest BCUT2D eigenvalue weighted by atomic mass is 9.98. The van der Waals surface area contributed by atoms with E-state index in [9.17, 15) is 18.0 Å². The molecule has 4 aromatic rings. The van der Waals surface area contributed by atoms with E-state index < -0.39 is 10.0 Å². The standard InChI is InChI=1S/C29H29N3O5S2/c1-2-37-29(34)20-14-16-32(17-15-20)39(35,36)22-9-7-8-21(18-22)26(33)19-30-24-11-4-3-10-23(24)28-31-25-12-5-6-13-27(25)38-28/h3-13,18,20,30H,2,14-17,19H2,1H3. The molecule has 0 bridgehead atoms. The average molecular weight is 564 g/mol. The van der Waals surface area contributed by atoms with Crippen molar-refractivity contribution in [1.82, 2.24) is 9.29 Å². The van der Waals surface area contributed by atoms with Crippen molar-refractivity contribution in [1.29, 1.82) is 0 Å². The highest BCUT2D eigenvalue weighted by Crippen LogP contribution is 2.34. The summed E-state index contributed by atoms with van der Waals surface area (Å²) >= 11 is 1.58. The van der Waals surface area contributed by atoms with E-state index in [1.807, 2.05) is 48.5 Å². The fourth-order valence-corrected chi connectivity index (χ4v) is 7.18. The number of hydrogen-bond donors (Lipinski definition) is 1. The molecular weight excluding hydrogens is 534 g/mol. The topological polar surface area (TPSA) is 106 Å². The maximum Gasteiger partial charge on any atom is 0.309 e. The number of fused-ring (bicyclic) bond motifs is 1. The monoisotopic (exact) mass is 563 g/mol. The average Bonchev–Trinajstić information content (AvgIpc) is 3.40. The fourth-order valence-electron chi connectivity index (χ4n) is 4.66. The molecule has 202 valence electrons. The largest absolute Gasteiger partial charge is 0.466 e. The number of esters is 1. The van der Waals surface area contributed by atoms with Gasteiger partial charge in [-0.05, 0) is 56.2 Å². The molecule has 1 saturated heterocycles. The molecule has 0 amide bonds. The van der Waals surface area contributed by atoms with Crippen LogP contribution in [0.25, 0.3) is 20.8 Å². The molecule has 10 heteroatoms. The van der Waals surface area contributed by atoms with Gasteiger partial charge in [-0.1, -0.05) is 36.4 Å². The zero-order valence-corrected chi connectivity index (χ0v) is 23.1. The first-order chi connectivity index (χ1) is 18.9. The van der Waals surface area contributed by atoms with Gasteiger partial charge in [0.2, 0.25) is 10.0 Å². The highest BCUT2D eigenvalue weighted by atomic mass is 32.2. The maximum atomic E-state index is 13.3. The van der Waals surface area contributed by atoms with Crippen molar-refractivity contribution in [3.05, 3.63) is 78.4 Å². The van der Waals surface area contributed by atoms with Crippen molar-refractivity contribution < 1.29 is 22.7 Å². The van der Waals surface area contributed by atoms with Crippen molar-refractivity contribution in [2.45, 2.75) is 24.7 Å². The number of carbonyl (C=O) groups excluding carboxylic acids is 2. The highest BCUT2D eigenvalue weighted by molar-refractivity contribution is 7.89. The van der Waals surface area contributed by atoms with Crippen molar-refractivity contribution in [2.24, 2.45) is 5.92 Å². The first kappa shape index (κ1) is 27.0. The van der Waals surface area contributed by atoms with Gasteiger partial charge in [-0.15, -0.1) is 11.3 Å². The number of hydrogen-bond acceptors (Lipinski definition) is 8. The molecule has 3 aromatic carbocycles. The van der Waals surface area contributed by atoms with Gasteiger partial charge in [0, 0.05) is 29.9 Å². The first-order valence-electron chi connectivity index (χ1n) is 12.9. The van der Waals surface area contributed by atoms with E-state index in [1.165, 1.54) is 16.4 Å². The Bertz CT molecular complexity index is 1570. The number of thiazole rings is 1. The Labute approximate surface area is 231 Å². The summed E-state index contributed by atoms with van der Waals surface area (Å²) in [5.41, 5.74) is 2.90. The number of anilines is 1. The summed E-state index contributed by atoms with van der Waals surface area (Å²) in [6, 6.07) is 21.7. The number of carbonyl (C=O) groups is 2. The zero-order chi connectivity index (χ0) is 27.4. The van der Waals surface area contributed by atoms with Gasteiger partial charge in [0.25, 0.3) is 0 Å². The van der Waals surface area contributed by atoms with E-state index in [0.29, 0.717) is 25.0 Å². The third-order valence-electron chi connectivity index (χ3n) is 6.76. The van der Waals surface area contributed by atoms with Gasteiger partial charge in [0.1, 0.15) is 5.01 Å². The number of ketones is 1. The Morgan fingerprint density at radius 2 is 1.77 bits per heavy atom. The lowest BCUT2D eigenvalue weighted by molar-refractivity contribution is -0.149. The van der Waals surface area contributed by atoms with Gasteiger partial charge in [0.15, 0.2) is 5.78 Å². The molecule has 1 aliphatic rings. The number of nitrogens with zero attached hydrogens (tertiary/aromatic N) is 2. The van der Waals surface area contributed by atoms with Crippen molar-refractivity contribution in [3.63, 3.8) is 0 Å². The third kappa shape index (κ3) is 5.88. The molecule has 2 heterocycles. The molecule has 0 saturated carbocycles. The summed E-state index contributed by atoms with van der Waals surface area (Å²) in [7, 11) is -3.80. The van der Waals surface area contributed by atoms with Crippen LogP contribution in [-0.2, 0) is 19.6 Å². The molecule has 0 spiro atoms. The van der Waals surface area contributed by atoms with Gasteiger partial charge in [-0.2, -0.15) is 4.31 Å². The molecule has 39 heavy (non-hydrogen) atoms. The van der Waals surface area contributed by atoms with Gasteiger partial charge in [-0.25, -0.2) is 13.4 Å². The van der Waals surface area contributed by atoms with E-state index in [4.69, 9.17) is 9.72 Å². The number of ether oxygens (including phenoxy) is 1. The Kier molecular flexibility index (Phi) is 8.06. The van der Waals surface area contributed by atoms with Gasteiger partial charge >= 0.3 is 5.97 Å². The van der Waals surface area contributed by atoms with Crippen LogP contribution >= 0.6 is 11.3 Å². The number of nitrogens with one attached hydrogen (secondary N) is 1. The van der Waals surface area contributed by atoms with E-state index in [-0.39, 0.29) is 42.2 Å². The first-order valence-corrected chi connectivity index (χ1v) is 15.1. The fraction of sp³-hybridized carbons (Fsp3) is 0.276. The molecule has 0 atom stereocenters. The summed E-state index contributed by atoms with van der Waals surface area (Å²) in [6.45, 7) is 2.52. The van der Waals surface area contributed by atoms with Crippen LogP contribution in [0, 0.1) is 5.92 Å². The predicted octanol–water partition coefficient (Wildman–Crippen LogP) is 5.22. The lowest BCUT2D eigenvalue weighted by Crippen LogP contribution is -2.40. The van der Waals surface area contributed by atoms with E-state index in [2.05, 4.69) is 5.32 Å². The minimum atomic E-state index is -3.80. The van der Waals surface area contributed by atoms with Gasteiger partial charge < -0.3 is 10.1 Å². The molecule has 0 radical (unpaired) electrons. The lowest BCUT2D eigenvalue weighted by Gasteiger charge is -2.30. The third-order valence-corrected chi connectivity index (χ3v) is 9.72. The number of para-hydroxylation sites is 2. The highest BCUT2D eigenvalue weighted by Gasteiger charge is 2.33. The summed E-state index contributed by atoms with van der Waals surface area (Å²) in [6.07, 6.45) is 0.823. The molecule has 1 aliphatic heterocycles. The maximum absolute atomic E-state index is 13.3. The van der Waals surface area contributed by atoms with Crippen LogP contribution in [0.15, 0.2) is 77.7 Å². The Morgan fingerprint density at radius 3 is 2.54 bits per heavy atom. The number of piperidine rings is 1. The Morgan fingerprint density at radius 1 is 1.03 bits per heavy atom. The molecule has 1 N–H and O–H groups in total. The molecule has 5 rings (SSSR count). The quantitative estimate of drug-likeness (QED) is 0.220. The molecule has 1 aromatic heterocycles. The van der Waals surface area contributed by atoms with Crippen molar-refractivity contribution in [2.75, 3.05) is 31.6 Å². The van der Waals surface area contributed by atoms with Crippen LogP contribution in [0.2, 0.25) is 0 Å². The summed E-state index contributed by atoms with van der Waals surface area (Å²) < 4.78 is 34.1. The van der Waals surface area contributed by atoms with Gasteiger partial charge in [0.05, 0.1) is 34.2 Å². The zero-order valence-electron chi connectivity index (χ0n) is 21.5. The number of sulfonamides is 1. The molecule has 8 nitrogen and oxygen atoms in total. The van der Waals surface area contributed by atoms with Crippen LogP contribution < -0.4 is 5.32 Å². The van der Waals surface area contributed by atoms with Crippen LogP contribution in [-0.4, -0.2) is 55.7 Å². The minimum absolute atomic E-state index is 0.00363. The van der Waals surface area contributed by atoms with E-state index in [1.54, 1.807) is 30.4 Å². The smallest absolute Gasteiger partial charge is 0.309 e. The number of rotatable bonds is 9. The van der Waals surface area contributed by atoms with E-state index in [0.717, 1.165) is 26.5 Å². The molecule has 0 unspecified atom stereocenters. The predicted molar refractivity (Wildman–Crippen MR) is 152 cm³/mol. The number of benzene rings is 3. The summed E-state index contributed by atoms with van der Waals surface area (Å²) in [5.74, 6) is -0.799. The number of aromatic nitrogens is 1. The van der Waals surface area contributed by atoms with Gasteiger partial charge in [-0.3, -0.25) is 9.59 Å². The second-order valence-electron chi connectivity index (χ2n) is 9.27. The molecular formula is C29H29N3O5S2. The Balaban J connectivity index is 1.27. The SMILES string of the molecule is CCOC(=O)C1CCN(S(=O)(=O)c2cccc(C(=O)CNc3ccccc3-c3nc4ccccc4s3)c2)CC1. The van der Waals surface area contributed by atoms with Crippen molar-refractivity contribution >= 4 is 49.0 Å². The molecule has 0 aliphatic carbocycles. The normalized spacial score (nSPS) is 14.8. The summed E-state index contributed by atoms with van der Waals surface area (Å²) in [4.78, 5) is 29.9. The number of Topliss-reactive ketones (excluding diaryl/α,β-unsaturated/α-hetero) is 1. The second kappa shape index (κ2) is 11.6. The van der Waals surface area contributed by atoms with Crippen molar-refractivity contribution in [3.8, 4) is 10.6 Å². The molecule has 1 fully saturated rings.